The van der Waals surface area contributed by atoms with Crippen LogP contribution in [0.3, 0.4) is 0 Å². The van der Waals surface area contributed by atoms with Crippen LogP contribution in [-0.2, 0) is 26.2 Å². The fraction of sp³-hybridized carbons (Fsp3) is 0.333. The summed E-state index contributed by atoms with van der Waals surface area (Å²) in [4.78, 5) is 38.9. The zero-order valence-electron chi connectivity index (χ0n) is 24.9. The first kappa shape index (κ1) is 32.9. The lowest BCUT2D eigenvalue weighted by Gasteiger charge is -2.32. The van der Waals surface area contributed by atoms with E-state index in [1.54, 1.807) is 45.0 Å². The predicted molar refractivity (Wildman–Crippen MR) is 162 cm³/mol. The van der Waals surface area contributed by atoms with E-state index >= 15 is 0 Å². The molecule has 43 heavy (non-hydrogen) atoms. The SMILES string of the molecule is COc1ccc(N(CC(=O)N(Cc2cccc(OC)c2)[C@H](C)C(=O)NC(C)C)S(=O)(=O)c2ccc(C)c([N+](=O)[O-])c2)cc1. The number of benzene rings is 3. The molecule has 0 saturated carbocycles. The minimum Gasteiger partial charge on any atom is -0.497 e. The van der Waals surface area contributed by atoms with Gasteiger partial charge in [-0.15, -0.1) is 0 Å². The molecule has 0 aliphatic carbocycles. The number of ether oxygens (including phenoxy) is 2. The summed E-state index contributed by atoms with van der Waals surface area (Å²) in [6, 6.07) is 15.4. The van der Waals surface area contributed by atoms with Crippen molar-refractivity contribution in [3.05, 3.63) is 88.0 Å². The summed E-state index contributed by atoms with van der Waals surface area (Å²) in [5.41, 5.74) is 0.689. The van der Waals surface area contributed by atoms with E-state index in [9.17, 15) is 28.1 Å². The van der Waals surface area contributed by atoms with Gasteiger partial charge in [0.1, 0.15) is 24.1 Å². The molecular formula is C30H36N4O8S. The number of nitrogens with one attached hydrogen (secondary N) is 1. The molecule has 0 fully saturated rings. The van der Waals surface area contributed by atoms with Gasteiger partial charge in [0, 0.05) is 24.2 Å². The minimum atomic E-state index is -4.50. The average Bonchev–Trinajstić information content (AvgIpc) is 2.97. The van der Waals surface area contributed by atoms with Crippen LogP contribution in [0.2, 0.25) is 0 Å². The monoisotopic (exact) mass is 612 g/mol. The Morgan fingerprint density at radius 2 is 1.60 bits per heavy atom. The van der Waals surface area contributed by atoms with Crippen LogP contribution in [0.1, 0.15) is 31.9 Å². The van der Waals surface area contributed by atoms with Gasteiger partial charge in [0.25, 0.3) is 15.7 Å². The van der Waals surface area contributed by atoms with Crippen LogP contribution >= 0.6 is 0 Å². The number of rotatable bonds is 13. The largest absolute Gasteiger partial charge is 0.497 e. The Labute approximate surface area is 251 Å². The molecule has 0 unspecified atom stereocenters. The van der Waals surface area contributed by atoms with E-state index in [0.29, 0.717) is 17.1 Å². The van der Waals surface area contributed by atoms with Gasteiger partial charge in [0.15, 0.2) is 0 Å². The van der Waals surface area contributed by atoms with Gasteiger partial charge in [0.05, 0.1) is 29.7 Å². The molecule has 0 aliphatic heterocycles. The van der Waals surface area contributed by atoms with Crippen molar-refractivity contribution in [3.63, 3.8) is 0 Å². The molecule has 3 rings (SSSR count). The lowest BCUT2D eigenvalue weighted by molar-refractivity contribution is -0.385. The molecule has 0 radical (unpaired) electrons. The van der Waals surface area contributed by atoms with E-state index in [1.165, 1.54) is 62.4 Å². The van der Waals surface area contributed by atoms with Crippen molar-refractivity contribution in [2.24, 2.45) is 0 Å². The highest BCUT2D eigenvalue weighted by molar-refractivity contribution is 7.92. The molecule has 230 valence electrons. The summed E-state index contributed by atoms with van der Waals surface area (Å²) < 4.78 is 39.4. The number of carbonyl (C=O) groups is 2. The van der Waals surface area contributed by atoms with Gasteiger partial charge in [-0.1, -0.05) is 18.2 Å². The normalized spacial score (nSPS) is 11.9. The highest BCUT2D eigenvalue weighted by Crippen LogP contribution is 2.29. The number of aryl methyl sites for hydroxylation is 1. The second-order valence-electron chi connectivity index (χ2n) is 10.1. The van der Waals surface area contributed by atoms with E-state index < -0.39 is 39.3 Å². The predicted octanol–water partition coefficient (Wildman–Crippen LogP) is 4.06. The number of nitro benzene ring substituents is 1. The summed E-state index contributed by atoms with van der Waals surface area (Å²) in [7, 11) is -1.54. The topological polar surface area (TPSA) is 148 Å². The van der Waals surface area contributed by atoms with Gasteiger partial charge in [0.2, 0.25) is 11.8 Å². The summed E-state index contributed by atoms with van der Waals surface area (Å²) in [6.07, 6.45) is 0. The number of hydrogen-bond donors (Lipinski definition) is 1. The van der Waals surface area contributed by atoms with E-state index in [2.05, 4.69) is 5.32 Å². The Bertz CT molecular complexity index is 1580. The maximum Gasteiger partial charge on any atom is 0.273 e. The van der Waals surface area contributed by atoms with Crippen molar-refractivity contribution in [2.75, 3.05) is 25.1 Å². The second-order valence-corrected chi connectivity index (χ2v) is 12.0. The van der Waals surface area contributed by atoms with E-state index in [-0.39, 0.29) is 34.4 Å². The number of hydrogen-bond acceptors (Lipinski definition) is 8. The fourth-order valence-electron chi connectivity index (χ4n) is 4.31. The van der Waals surface area contributed by atoms with Crippen molar-refractivity contribution in [3.8, 4) is 11.5 Å². The van der Waals surface area contributed by atoms with Crippen LogP contribution in [0, 0.1) is 17.0 Å². The van der Waals surface area contributed by atoms with Gasteiger partial charge in [-0.25, -0.2) is 8.42 Å². The van der Waals surface area contributed by atoms with Gasteiger partial charge in [-0.05, 0) is 75.7 Å². The molecule has 13 heteroatoms. The van der Waals surface area contributed by atoms with Crippen LogP contribution < -0.4 is 19.1 Å². The maximum atomic E-state index is 14.0. The van der Waals surface area contributed by atoms with E-state index in [0.717, 1.165) is 10.4 Å². The minimum absolute atomic E-state index is 0.0186. The molecule has 0 spiro atoms. The number of amides is 2. The third-order valence-corrected chi connectivity index (χ3v) is 8.46. The fourth-order valence-corrected chi connectivity index (χ4v) is 5.74. The van der Waals surface area contributed by atoms with Crippen molar-refractivity contribution in [1.29, 1.82) is 0 Å². The van der Waals surface area contributed by atoms with Crippen LogP contribution in [0.25, 0.3) is 0 Å². The van der Waals surface area contributed by atoms with Gasteiger partial charge in [-0.2, -0.15) is 0 Å². The summed E-state index contributed by atoms with van der Waals surface area (Å²) in [6.45, 7) is 5.93. The standard InChI is InChI=1S/C30H36N4O8S/c1-20(2)31-30(36)22(4)32(18-23-8-7-9-26(16-23)42-6)29(35)19-33(24-11-13-25(41-5)14-12-24)43(39,40)27-15-10-21(3)28(17-27)34(37)38/h7-17,20,22H,18-19H2,1-6H3,(H,31,36)/t22-/m1/s1. The first-order valence-electron chi connectivity index (χ1n) is 13.4. The number of methoxy groups -OCH3 is 2. The van der Waals surface area contributed by atoms with Crippen molar-refractivity contribution in [2.45, 2.75) is 51.2 Å². The highest BCUT2D eigenvalue weighted by atomic mass is 32.2. The smallest absolute Gasteiger partial charge is 0.273 e. The van der Waals surface area contributed by atoms with Gasteiger partial charge >= 0.3 is 0 Å². The number of nitro groups is 1. The van der Waals surface area contributed by atoms with Crippen LogP contribution in [0.5, 0.6) is 11.5 Å². The summed E-state index contributed by atoms with van der Waals surface area (Å²) in [5, 5.41) is 14.4. The maximum absolute atomic E-state index is 14.0. The number of anilines is 1. The second kappa shape index (κ2) is 14.0. The lowest BCUT2D eigenvalue weighted by atomic mass is 10.1. The zero-order valence-corrected chi connectivity index (χ0v) is 25.8. The molecule has 0 saturated heterocycles. The highest BCUT2D eigenvalue weighted by Gasteiger charge is 2.33. The Kier molecular flexibility index (Phi) is 10.7. The van der Waals surface area contributed by atoms with Crippen LogP contribution in [0.4, 0.5) is 11.4 Å². The van der Waals surface area contributed by atoms with Crippen molar-refractivity contribution >= 4 is 33.2 Å². The molecule has 1 atom stereocenters. The molecular weight excluding hydrogens is 576 g/mol. The van der Waals surface area contributed by atoms with Gasteiger partial charge < -0.3 is 19.7 Å². The quantitative estimate of drug-likeness (QED) is 0.224. The van der Waals surface area contributed by atoms with Crippen LogP contribution in [0.15, 0.2) is 71.6 Å². The average molecular weight is 613 g/mol. The lowest BCUT2D eigenvalue weighted by Crippen LogP contribution is -2.52. The molecule has 1 N–H and O–H groups in total. The molecule has 3 aromatic rings. The molecule has 0 aromatic heterocycles. The van der Waals surface area contributed by atoms with Crippen LogP contribution in [-0.4, -0.2) is 62.9 Å². The van der Waals surface area contributed by atoms with Crippen molar-refractivity contribution in [1.82, 2.24) is 10.2 Å². The molecule has 0 heterocycles. The number of carbonyl (C=O) groups excluding carboxylic acids is 2. The molecule has 0 aliphatic rings. The molecule has 0 bridgehead atoms. The first-order valence-corrected chi connectivity index (χ1v) is 14.9. The Balaban J connectivity index is 2.10. The Morgan fingerprint density at radius 1 is 0.953 bits per heavy atom. The van der Waals surface area contributed by atoms with E-state index in [4.69, 9.17) is 9.47 Å². The first-order chi connectivity index (χ1) is 20.3. The third kappa shape index (κ3) is 8.01. The zero-order chi connectivity index (χ0) is 31.9. The van der Waals surface area contributed by atoms with Crippen molar-refractivity contribution < 1.29 is 32.4 Å². The summed E-state index contributed by atoms with van der Waals surface area (Å²) >= 11 is 0. The Hall–Kier alpha value is -4.65. The molecule has 2 amide bonds. The molecule has 12 nitrogen and oxygen atoms in total. The number of sulfonamides is 1. The molecule has 3 aromatic carbocycles. The third-order valence-electron chi connectivity index (χ3n) is 6.69. The summed E-state index contributed by atoms with van der Waals surface area (Å²) in [5.74, 6) is -0.0842. The number of nitrogens with zero attached hydrogens (tertiary/aromatic N) is 3. The Morgan fingerprint density at radius 3 is 2.19 bits per heavy atom. The van der Waals surface area contributed by atoms with E-state index in [1.807, 2.05) is 0 Å². The van der Waals surface area contributed by atoms with Gasteiger partial charge in [-0.3, -0.25) is 24.0 Å².